The molecule has 2 heterocycles. The van der Waals surface area contributed by atoms with E-state index in [4.69, 9.17) is 0 Å². The Balaban J connectivity index is 1.86. The molecular weight excluding hydrogens is 210 g/mol. The molecule has 3 nitrogen and oxygen atoms in total. The van der Waals surface area contributed by atoms with E-state index in [1.807, 2.05) is 0 Å². The van der Waals surface area contributed by atoms with Crippen LogP contribution in [0.3, 0.4) is 0 Å². The van der Waals surface area contributed by atoms with Gasteiger partial charge in [0.05, 0.1) is 0 Å². The fourth-order valence-corrected chi connectivity index (χ4v) is 3.39. The number of likely N-dealkylation sites (tertiary alicyclic amines) is 1. The molecule has 0 aromatic heterocycles. The van der Waals surface area contributed by atoms with E-state index in [2.05, 4.69) is 35.9 Å². The monoisotopic (exact) mass is 239 g/mol. The summed E-state index contributed by atoms with van der Waals surface area (Å²) in [6.07, 6.45) is 4.10. The molecule has 0 bridgehead atoms. The van der Waals surface area contributed by atoms with E-state index in [1.54, 1.807) is 0 Å². The van der Waals surface area contributed by atoms with Gasteiger partial charge in [0.2, 0.25) is 0 Å². The molecule has 0 saturated carbocycles. The summed E-state index contributed by atoms with van der Waals surface area (Å²) in [6.45, 7) is 13.3. The standard InChI is InChI=1S/C14H29N3/c1-12(2)17-9-4-6-14(17)11-16-8-5-7-15-13(3)10-16/h12-15H,4-11H2,1-3H3. The van der Waals surface area contributed by atoms with Crippen LogP contribution >= 0.6 is 0 Å². The van der Waals surface area contributed by atoms with Crippen molar-refractivity contribution in [3.8, 4) is 0 Å². The Bertz CT molecular complexity index is 230. The summed E-state index contributed by atoms with van der Waals surface area (Å²) >= 11 is 0. The Morgan fingerprint density at radius 3 is 2.82 bits per heavy atom. The molecule has 17 heavy (non-hydrogen) atoms. The highest BCUT2D eigenvalue weighted by Crippen LogP contribution is 2.21. The molecule has 0 radical (unpaired) electrons. The zero-order valence-electron chi connectivity index (χ0n) is 11.8. The third-order valence-corrected chi connectivity index (χ3v) is 4.23. The average molecular weight is 239 g/mol. The van der Waals surface area contributed by atoms with Gasteiger partial charge in [0.1, 0.15) is 0 Å². The van der Waals surface area contributed by atoms with Crippen LogP contribution in [0.1, 0.15) is 40.0 Å². The maximum atomic E-state index is 3.58. The third kappa shape index (κ3) is 3.67. The number of hydrogen-bond donors (Lipinski definition) is 1. The molecule has 2 aliphatic heterocycles. The predicted octanol–water partition coefficient (Wildman–Crippen LogP) is 1.54. The van der Waals surface area contributed by atoms with Gasteiger partial charge in [0.25, 0.3) is 0 Å². The van der Waals surface area contributed by atoms with Crippen molar-refractivity contribution < 1.29 is 0 Å². The smallest absolute Gasteiger partial charge is 0.0226 e. The lowest BCUT2D eigenvalue weighted by atomic mass is 10.1. The summed E-state index contributed by atoms with van der Waals surface area (Å²) < 4.78 is 0. The van der Waals surface area contributed by atoms with Crippen molar-refractivity contribution >= 4 is 0 Å². The quantitative estimate of drug-likeness (QED) is 0.806. The molecule has 0 aromatic carbocycles. The summed E-state index contributed by atoms with van der Waals surface area (Å²) in [7, 11) is 0. The zero-order chi connectivity index (χ0) is 12.3. The molecule has 100 valence electrons. The lowest BCUT2D eigenvalue weighted by Crippen LogP contribution is -2.45. The van der Waals surface area contributed by atoms with Crippen LogP contribution in [0, 0.1) is 0 Å². The van der Waals surface area contributed by atoms with E-state index in [0.717, 1.165) is 6.04 Å². The van der Waals surface area contributed by atoms with Crippen LogP contribution in [-0.4, -0.2) is 60.6 Å². The van der Waals surface area contributed by atoms with Crippen LogP contribution in [-0.2, 0) is 0 Å². The molecule has 0 aromatic rings. The maximum Gasteiger partial charge on any atom is 0.0226 e. The van der Waals surface area contributed by atoms with Gasteiger partial charge in [0.15, 0.2) is 0 Å². The molecule has 3 heteroatoms. The molecule has 2 fully saturated rings. The van der Waals surface area contributed by atoms with Gasteiger partial charge in [-0.1, -0.05) is 0 Å². The predicted molar refractivity (Wildman–Crippen MR) is 73.4 cm³/mol. The van der Waals surface area contributed by atoms with Crippen LogP contribution < -0.4 is 5.32 Å². The van der Waals surface area contributed by atoms with Gasteiger partial charge in [-0.05, 0) is 59.7 Å². The van der Waals surface area contributed by atoms with Gasteiger partial charge >= 0.3 is 0 Å². The SMILES string of the molecule is CC1CN(CC2CCCN2C(C)C)CCCN1. The Hall–Kier alpha value is -0.120. The topological polar surface area (TPSA) is 18.5 Å². The Morgan fingerprint density at radius 1 is 1.24 bits per heavy atom. The minimum absolute atomic E-state index is 0.659. The first-order valence-electron chi connectivity index (χ1n) is 7.38. The fourth-order valence-electron chi connectivity index (χ4n) is 3.39. The van der Waals surface area contributed by atoms with Gasteiger partial charge in [-0.15, -0.1) is 0 Å². The van der Waals surface area contributed by atoms with Crippen LogP contribution in [0.2, 0.25) is 0 Å². The maximum absolute atomic E-state index is 3.58. The molecule has 2 unspecified atom stereocenters. The molecule has 0 amide bonds. The fraction of sp³-hybridized carbons (Fsp3) is 1.00. The van der Waals surface area contributed by atoms with E-state index in [0.29, 0.717) is 12.1 Å². The van der Waals surface area contributed by atoms with Crippen LogP contribution in [0.15, 0.2) is 0 Å². The summed E-state index contributed by atoms with van der Waals surface area (Å²) in [6, 6.07) is 2.18. The highest BCUT2D eigenvalue weighted by molar-refractivity contribution is 4.85. The molecule has 0 spiro atoms. The van der Waals surface area contributed by atoms with E-state index >= 15 is 0 Å². The molecule has 2 rings (SSSR count). The van der Waals surface area contributed by atoms with Crippen molar-refractivity contribution in [2.24, 2.45) is 0 Å². The van der Waals surface area contributed by atoms with Crippen molar-refractivity contribution in [2.75, 3.05) is 32.7 Å². The Morgan fingerprint density at radius 2 is 2.06 bits per heavy atom. The molecule has 2 atom stereocenters. The van der Waals surface area contributed by atoms with Crippen LogP contribution in [0.5, 0.6) is 0 Å². The molecular formula is C14H29N3. The summed E-state index contributed by atoms with van der Waals surface area (Å²) in [5.74, 6) is 0. The van der Waals surface area contributed by atoms with Gasteiger partial charge in [0, 0.05) is 31.2 Å². The first kappa shape index (κ1) is 13.3. The minimum atomic E-state index is 0.659. The van der Waals surface area contributed by atoms with E-state index in [9.17, 15) is 0 Å². The molecule has 0 aliphatic carbocycles. The second kappa shape index (κ2) is 6.17. The minimum Gasteiger partial charge on any atom is -0.313 e. The molecule has 2 aliphatic rings. The van der Waals surface area contributed by atoms with Crippen molar-refractivity contribution in [1.29, 1.82) is 0 Å². The van der Waals surface area contributed by atoms with Crippen molar-refractivity contribution in [1.82, 2.24) is 15.1 Å². The number of rotatable bonds is 3. The molecule has 1 N–H and O–H groups in total. The summed E-state index contributed by atoms with van der Waals surface area (Å²) in [5.41, 5.74) is 0. The zero-order valence-corrected chi connectivity index (χ0v) is 11.8. The second-order valence-electron chi connectivity index (χ2n) is 6.10. The normalized spacial score (nSPS) is 33.2. The summed E-state index contributed by atoms with van der Waals surface area (Å²) in [4.78, 5) is 5.37. The summed E-state index contributed by atoms with van der Waals surface area (Å²) in [5, 5.41) is 3.58. The van der Waals surface area contributed by atoms with Crippen LogP contribution in [0.25, 0.3) is 0 Å². The largest absolute Gasteiger partial charge is 0.313 e. The van der Waals surface area contributed by atoms with Gasteiger partial charge in [-0.2, -0.15) is 0 Å². The Kier molecular flexibility index (Phi) is 4.83. The van der Waals surface area contributed by atoms with Crippen molar-refractivity contribution in [3.05, 3.63) is 0 Å². The second-order valence-corrected chi connectivity index (χ2v) is 6.10. The van der Waals surface area contributed by atoms with Crippen molar-refractivity contribution in [2.45, 2.75) is 58.2 Å². The van der Waals surface area contributed by atoms with E-state index in [-0.39, 0.29) is 0 Å². The first-order chi connectivity index (χ1) is 8.16. The van der Waals surface area contributed by atoms with Crippen molar-refractivity contribution in [3.63, 3.8) is 0 Å². The van der Waals surface area contributed by atoms with Gasteiger partial charge in [-0.25, -0.2) is 0 Å². The van der Waals surface area contributed by atoms with Gasteiger partial charge in [-0.3, -0.25) is 4.90 Å². The van der Waals surface area contributed by atoms with Gasteiger partial charge < -0.3 is 10.2 Å². The number of hydrogen-bond acceptors (Lipinski definition) is 3. The van der Waals surface area contributed by atoms with E-state index in [1.165, 1.54) is 52.0 Å². The van der Waals surface area contributed by atoms with Crippen LogP contribution in [0.4, 0.5) is 0 Å². The highest BCUT2D eigenvalue weighted by atomic mass is 15.3. The van der Waals surface area contributed by atoms with E-state index < -0.39 is 0 Å². The lowest BCUT2D eigenvalue weighted by molar-refractivity contribution is 0.146. The highest BCUT2D eigenvalue weighted by Gasteiger charge is 2.28. The Labute approximate surface area is 107 Å². The lowest BCUT2D eigenvalue weighted by Gasteiger charge is -2.33. The number of nitrogens with zero attached hydrogens (tertiary/aromatic N) is 2. The number of nitrogens with one attached hydrogen (secondary N) is 1. The average Bonchev–Trinajstić information content (AvgIpc) is 2.62. The third-order valence-electron chi connectivity index (χ3n) is 4.23. The first-order valence-corrected chi connectivity index (χ1v) is 7.38. The molecule has 2 saturated heterocycles.